The third-order valence-corrected chi connectivity index (χ3v) is 1.33. The summed E-state index contributed by atoms with van der Waals surface area (Å²) in [7, 11) is 0. The predicted molar refractivity (Wildman–Crippen MR) is 36.4 cm³/mol. The molecule has 9 heavy (non-hydrogen) atoms. The monoisotopic (exact) mass is 125 g/mol. The van der Waals surface area contributed by atoms with Gasteiger partial charge in [-0.2, -0.15) is 0 Å². The lowest BCUT2D eigenvalue weighted by Gasteiger charge is -2.15. The quantitative estimate of drug-likeness (QED) is 0.532. The number of allylic oxidation sites excluding steroid dienone is 3. The van der Waals surface area contributed by atoms with E-state index in [4.69, 9.17) is 4.74 Å². The van der Waals surface area contributed by atoms with E-state index in [9.17, 15) is 0 Å². The molecule has 0 bridgehead atoms. The van der Waals surface area contributed by atoms with Crippen LogP contribution in [0.4, 0.5) is 0 Å². The Morgan fingerprint density at radius 2 is 2.00 bits per heavy atom. The standard InChI is InChI=1S/C7H11NO/c1-5-4-9-7(3)6(2)8-5/h4,8H,1-3H3. The number of nitrogens with one attached hydrogen (secondary N) is 1. The molecule has 0 aliphatic carbocycles. The molecule has 0 radical (unpaired) electrons. The first-order chi connectivity index (χ1) is 4.20. The van der Waals surface area contributed by atoms with Crippen molar-refractivity contribution in [2.45, 2.75) is 20.8 Å². The summed E-state index contributed by atoms with van der Waals surface area (Å²) in [5.74, 6) is 0.945. The minimum atomic E-state index is 0.945. The summed E-state index contributed by atoms with van der Waals surface area (Å²) in [6.45, 7) is 5.90. The van der Waals surface area contributed by atoms with E-state index in [2.05, 4.69) is 5.32 Å². The zero-order valence-corrected chi connectivity index (χ0v) is 5.99. The molecule has 1 aliphatic rings. The van der Waals surface area contributed by atoms with E-state index in [0.717, 1.165) is 17.2 Å². The van der Waals surface area contributed by atoms with Gasteiger partial charge in [0.2, 0.25) is 0 Å². The van der Waals surface area contributed by atoms with Gasteiger partial charge < -0.3 is 10.1 Å². The van der Waals surface area contributed by atoms with Crippen molar-refractivity contribution in [1.29, 1.82) is 0 Å². The zero-order chi connectivity index (χ0) is 6.85. The minimum Gasteiger partial charge on any atom is -0.466 e. The first kappa shape index (κ1) is 6.20. The van der Waals surface area contributed by atoms with Crippen molar-refractivity contribution in [1.82, 2.24) is 5.32 Å². The van der Waals surface area contributed by atoms with Crippen molar-refractivity contribution in [3.05, 3.63) is 23.4 Å². The second kappa shape index (κ2) is 2.13. The molecule has 0 aromatic rings. The second-order valence-corrected chi connectivity index (χ2v) is 2.22. The van der Waals surface area contributed by atoms with Gasteiger partial charge >= 0.3 is 0 Å². The Kier molecular flexibility index (Phi) is 1.47. The largest absolute Gasteiger partial charge is 0.466 e. The molecule has 0 aromatic carbocycles. The predicted octanol–water partition coefficient (Wildman–Crippen LogP) is 1.72. The Labute approximate surface area is 55.2 Å². The van der Waals surface area contributed by atoms with Crippen molar-refractivity contribution < 1.29 is 4.74 Å². The molecular weight excluding hydrogens is 114 g/mol. The van der Waals surface area contributed by atoms with Crippen LogP contribution >= 0.6 is 0 Å². The van der Waals surface area contributed by atoms with Gasteiger partial charge in [-0.05, 0) is 20.8 Å². The molecule has 0 aromatic heterocycles. The number of ether oxygens (including phenoxy) is 1. The van der Waals surface area contributed by atoms with Crippen LogP contribution in [0.25, 0.3) is 0 Å². The van der Waals surface area contributed by atoms with Crippen molar-refractivity contribution in [3.63, 3.8) is 0 Å². The smallest absolute Gasteiger partial charge is 0.119 e. The highest BCUT2D eigenvalue weighted by Crippen LogP contribution is 2.10. The van der Waals surface area contributed by atoms with Crippen molar-refractivity contribution in [2.24, 2.45) is 0 Å². The van der Waals surface area contributed by atoms with Gasteiger partial charge in [-0.25, -0.2) is 0 Å². The molecule has 1 rings (SSSR count). The third-order valence-electron chi connectivity index (χ3n) is 1.33. The van der Waals surface area contributed by atoms with Gasteiger partial charge in [0.1, 0.15) is 12.0 Å². The first-order valence-electron chi connectivity index (χ1n) is 2.98. The highest BCUT2D eigenvalue weighted by atomic mass is 16.5. The highest BCUT2D eigenvalue weighted by molar-refractivity contribution is 5.13. The Hall–Kier alpha value is -0.920. The van der Waals surface area contributed by atoms with Gasteiger partial charge in [0.25, 0.3) is 0 Å². The maximum Gasteiger partial charge on any atom is 0.119 e. The normalized spacial score (nSPS) is 18.3. The van der Waals surface area contributed by atoms with Crippen LogP contribution in [0.5, 0.6) is 0 Å². The molecule has 0 amide bonds. The van der Waals surface area contributed by atoms with Gasteiger partial charge in [-0.1, -0.05) is 0 Å². The van der Waals surface area contributed by atoms with E-state index in [-0.39, 0.29) is 0 Å². The fraction of sp³-hybridized carbons (Fsp3) is 0.429. The van der Waals surface area contributed by atoms with E-state index in [0.29, 0.717) is 0 Å². The van der Waals surface area contributed by atoms with Crippen molar-refractivity contribution in [2.75, 3.05) is 0 Å². The van der Waals surface area contributed by atoms with Crippen LogP contribution in [0.3, 0.4) is 0 Å². The van der Waals surface area contributed by atoms with Gasteiger partial charge in [-0.3, -0.25) is 0 Å². The molecular formula is C7H11NO. The lowest BCUT2D eigenvalue weighted by molar-refractivity contribution is 0.326. The summed E-state index contributed by atoms with van der Waals surface area (Å²) in [5.41, 5.74) is 2.15. The molecule has 2 nitrogen and oxygen atoms in total. The van der Waals surface area contributed by atoms with E-state index in [1.165, 1.54) is 0 Å². The molecule has 0 unspecified atom stereocenters. The molecule has 1 heterocycles. The third kappa shape index (κ3) is 1.25. The Morgan fingerprint density at radius 3 is 2.44 bits per heavy atom. The average molecular weight is 125 g/mol. The first-order valence-corrected chi connectivity index (χ1v) is 2.98. The Bertz CT molecular complexity index is 179. The minimum absolute atomic E-state index is 0.945. The number of hydrogen-bond donors (Lipinski definition) is 1. The molecule has 0 atom stereocenters. The summed E-state index contributed by atoms with van der Waals surface area (Å²) >= 11 is 0. The van der Waals surface area contributed by atoms with Crippen LogP contribution in [-0.4, -0.2) is 0 Å². The van der Waals surface area contributed by atoms with Crippen LogP contribution in [0.1, 0.15) is 20.8 Å². The lowest BCUT2D eigenvalue weighted by atomic mass is 10.3. The molecule has 0 fully saturated rings. The maximum absolute atomic E-state index is 5.16. The molecule has 1 aliphatic heterocycles. The molecule has 0 saturated carbocycles. The van der Waals surface area contributed by atoms with Crippen LogP contribution in [0.15, 0.2) is 23.4 Å². The summed E-state index contributed by atoms with van der Waals surface area (Å²) in [6, 6.07) is 0. The molecule has 1 N–H and O–H groups in total. The summed E-state index contributed by atoms with van der Waals surface area (Å²) in [5, 5.41) is 3.14. The molecule has 2 heteroatoms. The van der Waals surface area contributed by atoms with E-state index in [1.807, 2.05) is 20.8 Å². The molecule has 50 valence electrons. The summed E-state index contributed by atoms with van der Waals surface area (Å²) in [4.78, 5) is 0. The maximum atomic E-state index is 5.16. The van der Waals surface area contributed by atoms with E-state index >= 15 is 0 Å². The summed E-state index contributed by atoms with van der Waals surface area (Å²) < 4.78 is 5.16. The lowest BCUT2D eigenvalue weighted by Crippen LogP contribution is -2.14. The van der Waals surface area contributed by atoms with Crippen LogP contribution in [0.2, 0.25) is 0 Å². The second-order valence-electron chi connectivity index (χ2n) is 2.22. The van der Waals surface area contributed by atoms with Crippen LogP contribution < -0.4 is 5.32 Å². The Balaban J connectivity index is 2.70. The molecule has 0 saturated heterocycles. The number of hydrogen-bond acceptors (Lipinski definition) is 2. The zero-order valence-electron chi connectivity index (χ0n) is 5.99. The SMILES string of the molecule is CC1=COC(C)=C(C)N1. The average Bonchev–Trinajstić information content (AvgIpc) is 1.80. The van der Waals surface area contributed by atoms with E-state index in [1.54, 1.807) is 6.26 Å². The Morgan fingerprint density at radius 1 is 1.33 bits per heavy atom. The van der Waals surface area contributed by atoms with Gasteiger partial charge in [0, 0.05) is 5.70 Å². The highest BCUT2D eigenvalue weighted by Gasteiger charge is 2.02. The van der Waals surface area contributed by atoms with Gasteiger partial charge in [0.15, 0.2) is 0 Å². The van der Waals surface area contributed by atoms with E-state index < -0.39 is 0 Å². The van der Waals surface area contributed by atoms with Gasteiger partial charge in [-0.15, -0.1) is 0 Å². The molecule has 0 spiro atoms. The van der Waals surface area contributed by atoms with Crippen LogP contribution in [0, 0.1) is 0 Å². The van der Waals surface area contributed by atoms with Crippen molar-refractivity contribution in [3.8, 4) is 0 Å². The fourth-order valence-electron chi connectivity index (χ4n) is 0.678. The number of rotatable bonds is 0. The topological polar surface area (TPSA) is 21.3 Å². The summed E-state index contributed by atoms with van der Waals surface area (Å²) in [6.07, 6.45) is 1.71. The van der Waals surface area contributed by atoms with Gasteiger partial charge in [0.05, 0.1) is 5.70 Å². The van der Waals surface area contributed by atoms with Crippen molar-refractivity contribution >= 4 is 0 Å². The fourth-order valence-corrected chi connectivity index (χ4v) is 0.678. The van der Waals surface area contributed by atoms with Crippen LogP contribution in [-0.2, 0) is 4.74 Å².